The fourth-order valence-electron chi connectivity index (χ4n) is 2.09. The Balaban J connectivity index is 1.87. The van der Waals surface area contributed by atoms with Gasteiger partial charge in [-0.3, -0.25) is 14.9 Å². The molecule has 1 aromatic rings. The van der Waals surface area contributed by atoms with Gasteiger partial charge in [0.2, 0.25) is 5.91 Å². The van der Waals surface area contributed by atoms with Crippen molar-refractivity contribution in [2.24, 2.45) is 0 Å². The second kappa shape index (κ2) is 7.55. The van der Waals surface area contributed by atoms with E-state index in [1.807, 2.05) is 0 Å². The van der Waals surface area contributed by atoms with E-state index in [-0.39, 0.29) is 16.8 Å². The summed E-state index contributed by atoms with van der Waals surface area (Å²) in [5.74, 6) is -0.166. The molecule has 0 saturated carbocycles. The standard InChI is InChI=1S/C14H17N3O3S2/c1-10(22-14(21)16-8-2-3-9-16)13(18)15-11-4-6-12(7-5-11)17(19)20/h4-7,10H,2-3,8-9H2,1H3,(H,15,18). The van der Waals surface area contributed by atoms with Gasteiger partial charge >= 0.3 is 0 Å². The quantitative estimate of drug-likeness (QED) is 0.516. The number of likely N-dealkylation sites (tertiary alicyclic amines) is 1. The van der Waals surface area contributed by atoms with Crippen molar-refractivity contribution in [2.45, 2.75) is 25.0 Å². The molecule has 1 heterocycles. The monoisotopic (exact) mass is 339 g/mol. The van der Waals surface area contributed by atoms with Gasteiger partial charge in [0.05, 0.1) is 10.2 Å². The van der Waals surface area contributed by atoms with Gasteiger partial charge in [0.1, 0.15) is 4.32 Å². The second-order valence-corrected chi connectivity index (χ2v) is 6.99. The predicted octanol–water partition coefficient (Wildman–Crippen LogP) is 3.04. The molecule has 1 N–H and O–H groups in total. The highest BCUT2D eigenvalue weighted by atomic mass is 32.2. The number of rotatable bonds is 4. The van der Waals surface area contributed by atoms with Crippen molar-refractivity contribution in [3.8, 4) is 0 Å². The van der Waals surface area contributed by atoms with Gasteiger partial charge in [-0.2, -0.15) is 0 Å². The molecule has 1 unspecified atom stereocenters. The van der Waals surface area contributed by atoms with Gasteiger partial charge < -0.3 is 10.2 Å². The number of anilines is 1. The van der Waals surface area contributed by atoms with Gasteiger partial charge in [0.15, 0.2) is 0 Å². The van der Waals surface area contributed by atoms with Gasteiger partial charge in [0.25, 0.3) is 5.69 Å². The molecule has 1 aliphatic heterocycles. The molecule has 1 saturated heterocycles. The summed E-state index contributed by atoms with van der Waals surface area (Å²) in [6.07, 6.45) is 2.29. The SMILES string of the molecule is CC(SC(=S)N1CCCC1)C(=O)Nc1ccc([N+](=O)[O-])cc1. The molecule has 118 valence electrons. The summed E-state index contributed by atoms with van der Waals surface area (Å²) in [5.41, 5.74) is 0.533. The number of non-ortho nitro benzene ring substituents is 1. The lowest BCUT2D eigenvalue weighted by atomic mass is 10.3. The third-order valence-corrected chi connectivity index (χ3v) is 4.93. The summed E-state index contributed by atoms with van der Waals surface area (Å²) in [5, 5.41) is 13.0. The molecule has 0 bridgehead atoms. The largest absolute Gasteiger partial charge is 0.358 e. The van der Waals surface area contributed by atoms with E-state index in [9.17, 15) is 14.9 Å². The average Bonchev–Trinajstić information content (AvgIpc) is 3.02. The molecule has 0 aromatic heterocycles. The van der Waals surface area contributed by atoms with E-state index < -0.39 is 4.92 Å². The number of thioether (sulfide) groups is 1. The fraction of sp³-hybridized carbons (Fsp3) is 0.429. The van der Waals surface area contributed by atoms with Crippen molar-refractivity contribution in [1.29, 1.82) is 0 Å². The molecule has 0 aliphatic carbocycles. The van der Waals surface area contributed by atoms with Crippen LogP contribution >= 0.6 is 24.0 Å². The van der Waals surface area contributed by atoms with Crippen molar-refractivity contribution >= 4 is 45.6 Å². The number of carbonyl (C=O) groups excluding carboxylic acids is 1. The first-order valence-electron chi connectivity index (χ1n) is 6.98. The third kappa shape index (κ3) is 4.41. The lowest BCUT2D eigenvalue weighted by Gasteiger charge is -2.20. The van der Waals surface area contributed by atoms with Crippen molar-refractivity contribution < 1.29 is 9.72 Å². The molecule has 1 aromatic carbocycles. The maximum atomic E-state index is 12.1. The van der Waals surface area contributed by atoms with Crippen LogP contribution < -0.4 is 5.32 Å². The van der Waals surface area contributed by atoms with Crippen molar-refractivity contribution in [3.63, 3.8) is 0 Å². The van der Waals surface area contributed by atoms with Crippen LogP contribution in [0.5, 0.6) is 0 Å². The molecule has 22 heavy (non-hydrogen) atoms. The minimum absolute atomic E-state index is 0.00404. The molecule has 8 heteroatoms. The first-order chi connectivity index (χ1) is 10.5. The molecule has 2 rings (SSSR count). The molecule has 0 spiro atoms. The summed E-state index contributed by atoms with van der Waals surface area (Å²) in [6.45, 7) is 3.72. The molecule has 1 fully saturated rings. The fourth-order valence-corrected chi connectivity index (χ4v) is 3.51. The number of hydrogen-bond donors (Lipinski definition) is 1. The molecule has 1 aliphatic rings. The lowest BCUT2D eigenvalue weighted by molar-refractivity contribution is -0.384. The molecule has 1 amide bonds. The van der Waals surface area contributed by atoms with Gasteiger partial charge in [-0.15, -0.1) is 0 Å². The smallest absolute Gasteiger partial charge is 0.269 e. The first-order valence-corrected chi connectivity index (χ1v) is 8.27. The Hall–Kier alpha value is -1.67. The van der Waals surface area contributed by atoms with Gasteiger partial charge in [0, 0.05) is 30.9 Å². The van der Waals surface area contributed by atoms with Crippen LogP contribution in [-0.2, 0) is 4.79 Å². The van der Waals surface area contributed by atoms with Crippen LogP contribution in [0.1, 0.15) is 19.8 Å². The maximum absolute atomic E-state index is 12.1. The van der Waals surface area contributed by atoms with Crippen LogP contribution in [-0.4, -0.2) is 38.4 Å². The van der Waals surface area contributed by atoms with Crippen molar-refractivity contribution in [3.05, 3.63) is 34.4 Å². The van der Waals surface area contributed by atoms with E-state index in [4.69, 9.17) is 12.2 Å². The maximum Gasteiger partial charge on any atom is 0.269 e. The summed E-state index contributed by atoms with van der Waals surface area (Å²) in [4.78, 5) is 24.4. The topological polar surface area (TPSA) is 75.5 Å². The van der Waals surface area contributed by atoms with Crippen LogP contribution in [0.25, 0.3) is 0 Å². The Morgan fingerprint density at radius 2 is 1.95 bits per heavy atom. The van der Waals surface area contributed by atoms with Crippen LogP contribution in [0.4, 0.5) is 11.4 Å². The third-order valence-electron chi connectivity index (χ3n) is 3.36. The second-order valence-electron chi connectivity index (χ2n) is 5.01. The number of hydrogen-bond acceptors (Lipinski definition) is 5. The first kappa shape index (κ1) is 16.7. The van der Waals surface area contributed by atoms with Gasteiger partial charge in [-0.25, -0.2) is 0 Å². The number of benzene rings is 1. The summed E-state index contributed by atoms with van der Waals surface area (Å²) < 4.78 is 0.754. The highest BCUT2D eigenvalue weighted by Crippen LogP contribution is 2.22. The number of nitrogens with one attached hydrogen (secondary N) is 1. The average molecular weight is 339 g/mol. The molecular formula is C14H17N3O3S2. The van der Waals surface area contributed by atoms with Crippen molar-refractivity contribution in [2.75, 3.05) is 18.4 Å². The minimum Gasteiger partial charge on any atom is -0.358 e. The Morgan fingerprint density at radius 1 is 1.36 bits per heavy atom. The number of nitro benzene ring substituents is 1. The Morgan fingerprint density at radius 3 is 2.50 bits per heavy atom. The van der Waals surface area contributed by atoms with E-state index in [2.05, 4.69) is 10.2 Å². The minimum atomic E-state index is -0.474. The van der Waals surface area contributed by atoms with Gasteiger partial charge in [-0.05, 0) is 31.9 Å². The van der Waals surface area contributed by atoms with E-state index in [1.54, 1.807) is 6.92 Å². The zero-order chi connectivity index (χ0) is 16.1. The summed E-state index contributed by atoms with van der Waals surface area (Å²) in [6, 6.07) is 5.77. The van der Waals surface area contributed by atoms with E-state index in [1.165, 1.54) is 36.0 Å². The van der Waals surface area contributed by atoms with E-state index >= 15 is 0 Å². The predicted molar refractivity (Wildman–Crippen MR) is 92.2 cm³/mol. The number of carbonyl (C=O) groups is 1. The van der Waals surface area contributed by atoms with Crippen LogP contribution in [0.2, 0.25) is 0 Å². The lowest BCUT2D eigenvalue weighted by Crippen LogP contribution is -2.29. The molecular weight excluding hydrogens is 322 g/mol. The normalized spacial score (nSPS) is 15.4. The van der Waals surface area contributed by atoms with Crippen LogP contribution in [0.3, 0.4) is 0 Å². The highest BCUT2D eigenvalue weighted by Gasteiger charge is 2.21. The number of nitro groups is 1. The van der Waals surface area contributed by atoms with E-state index in [0.717, 1.165) is 30.3 Å². The number of nitrogens with zero attached hydrogens (tertiary/aromatic N) is 2. The zero-order valence-electron chi connectivity index (χ0n) is 12.2. The van der Waals surface area contributed by atoms with Crippen LogP contribution in [0.15, 0.2) is 24.3 Å². The van der Waals surface area contributed by atoms with Crippen molar-refractivity contribution in [1.82, 2.24) is 4.90 Å². The highest BCUT2D eigenvalue weighted by molar-refractivity contribution is 8.23. The molecule has 1 atom stereocenters. The number of amides is 1. The molecule has 0 radical (unpaired) electrons. The Kier molecular flexibility index (Phi) is 5.73. The van der Waals surface area contributed by atoms with Gasteiger partial charge in [-0.1, -0.05) is 24.0 Å². The Bertz CT molecular complexity index is 571. The summed E-state index contributed by atoms with van der Waals surface area (Å²) in [7, 11) is 0. The summed E-state index contributed by atoms with van der Waals surface area (Å²) >= 11 is 6.72. The molecule has 6 nitrogen and oxygen atoms in total. The zero-order valence-corrected chi connectivity index (χ0v) is 13.8. The Labute approximate surface area is 138 Å². The number of thiocarbonyl (C=S) groups is 1. The van der Waals surface area contributed by atoms with E-state index in [0.29, 0.717) is 5.69 Å². The van der Waals surface area contributed by atoms with Crippen LogP contribution in [0, 0.1) is 10.1 Å².